The van der Waals surface area contributed by atoms with Gasteiger partial charge in [-0.3, -0.25) is 0 Å². The molecule has 0 heterocycles. The second-order valence-electron chi connectivity index (χ2n) is 11.2. The van der Waals surface area contributed by atoms with Crippen molar-refractivity contribution in [3.8, 4) is 0 Å². The number of benzene rings is 1. The molecule has 0 saturated heterocycles. The minimum Gasteiger partial charge on any atom is -0.607 e. The maximum absolute atomic E-state index is 13.3. The van der Waals surface area contributed by atoms with Crippen molar-refractivity contribution in [2.45, 2.75) is 105 Å². The molecule has 142 valence electrons. The number of nitrogens with zero attached hydrogens (tertiary/aromatic N) is 1. The van der Waals surface area contributed by atoms with Gasteiger partial charge in [0.2, 0.25) is 7.94 Å². The Labute approximate surface area is 157 Å². The average Bonchev–Trinajstić information content (AvgIpc) is 2.31. The van der Waals surface area contributed by atoms with Crippen LogP contribution < -0.4 is 10.2 Å². The largest absolute Gasteiger partial charge is 0.607 e. The second-order valence-corrected chi connectivity index (χ2v) is 12.4. The van der Waals surface area contributed by atoms with E-state index in [1.54, 1.807) is 0 Å². The summed E-state index contributed by atoms with van der Waals surface area (Å²) in [7, 11) is -1.81. The summed E-state index contributed by atoms with van der Waals surface area (Å²) in [5.41, 5.74) is 3.18. The molecule has 1 aromatic rings. The summed E-state index contributed by atoms with van der Waals surface area (Å²) in [6, 6.07) is 4.52. The molecule has 1 aromatic carbocycles. The lowest BCUT2D eigenvalue weighted by molar-refractivity contribution is -0.152. The van der Waals surface area contributed by atoms with E-state index in [0.29, 0.717) is 0 Å². The fourth-order valence-corrected chi connectivity index (χ4v) is 4.60. The first-order valence-corrected chi connectivity index (χ1v) is 10.4. The highest BCUT2D eigenvalue weighted by molar-refractivity contribution is 7.48. The van der Waals surface area contributed by atoms with Gasteiger partial charge >= 0.3 is 0 Å². The average molecular weight is 364 g/mol. The van der Waals surface area contributed by atoms with E-state index in [4.69, 9.17) is 0 Å². The summed E-state index contributed by atoms with van der Waals surface area (Å²) in [6.07, 6.45) is 0. The Morgan fingerprint density at radius 1 is 0.680 bits per heavy atom. The summed E-state index contributed by atoms with van der Waals surface area (Å²) in [6.45, 7) is 25.9. The molecule has 1 unspecified atom stereocenters. The normalized spacial score (nSPS) is 14.8. The number of hydrogen-bond donors (Lipinski definition) is 0. The first kappa shape index (κ1) is 22.3. The summed E-state index contributed by atoms with van der Waals surface area (Å²) >= 11 is 0. The Bertz CT molecular complexity index is 624. The van der Waals surface area contributed by atoms with Crippen molar-refractivity contribution in [3.05, 3.63) is 28.8 Å². The monoisotopic (exact) mass is 363 g/mol. The van der Waals surface area contributed by atoms with Crippen molar-refractivity contribution in [1.82, 2.24) is 0 Å². The van der Waals surface area contributed by atoms with E-state index >= 15 is 0 Å². The van der Waals surface area contributed by atoms with E-state index in [1.807, 2.05) is 20.8 Å². The van der Waals surface area contributed by atoms with Crippen molar-refractivity contribution in [2.75, 3.05) is 0 Å². The molecule has 0 aliphatic rings. The van der Waals surface area contributed by atoms with Crippen LogP contribution in [0.25, 0.3) is 0 Å². The van der Waals surface area contributed by atoms with Gasteiger partial charge in [0, 0.05) is 11.1 Å². The van der Waals surface area contributed by atoms with Gasteiger partial charge in [0.25, 0.3) is 0 Å². The van der Waals surface area contributed by atoms with Crippen LogP contribution in [0, 0.1) is 0 Å². The highest BCUT2D eigenvalue weighted by Crippen LogP contribution is 2.38. The van der Waals surface area contributed by atoms with E-state index in [0.717, 1.165) is 5.30 Å². The van der Waals surface area contributed by atoms with E-state index in [2.05, 4.69) is 79.2 Å². The minimum absolute atomic E-state index is 0.0470. The Balaban J connectivity index is 4.00. The molecule has 0 amide bonds. The van der Waals surface area contributed by atoms with Crippen molar-refractivity contribution >= 4 is 13.2 Å². The van der Waals surface area contributed by atoms with Crippen LogP contribution in [-0.2, 0) is 16.2 Å². The fraction of sp³-hybridized carbons (Fsp3) is 0.727. The molecule has 0 aliphatic heterocycles. The van der Waals surface area contributed by atoms with Gasteiger partial charge in [0.1, 0.15) is 0 Å². The predicted octanol–water partition coefficient (Wildman–Crippen LogP) is 5.94. The van der Waals surface area contributed by atoms with Crippen LogP contribution in [0.3, 0.4) is 0 Å². The van der Waals surface area contributed by atoms with Crippen LogP contribution in [0.5, 0.6) is 0 Å². The molecule has 3 heteroatoms. The van der Waals surface area contributed by atoms with Crippen molar-refractivity contribution in [1.29, 1.82) is 0 Å². The lowest BCUT2D eigenvalue weighted by Gasteiger charge is -2.31. The van der Waals surface area contributed by atoms with Crippen molar-refractivity contribution in [3.63, 3.8) is 0 Å². The Morgan fingerprint density at radius 3 is 1.28 bits per heavy atom. The molecule has 0 fully saturated rings. The quantitative estimate of drug-likeness (QED) is 0.568. The maximum Gasteiger partial charge on any atom is 0.204 e. The number of hydrogen-bond acceptors (Lipinski definition) is 2. The van der Waals surface area contributed by atoms with Gasteiger partial charge in [-0.15, -0.1) is 4.74 Å². The van der Waals surface area contributed by atoms with Gasteiger partial charge in [-0.25, -0.2) is 0 Å². The molecule has 0 aromatic heterocycles. The van der Waals surface area contributed by atoms with Crippen LogP contribution in [0.1, 0.15) is 99.8 Å². The molecule has 2 nitrogen and oxygen atoms in total. The second kappa shape index (κ2) is 6.78. The van der Waals surface area contributed by atoms with Crippen LogP contribution in [0.15, 0.2) is 16.9 Å². The Kier molecular flexibility index (Phi) is 6.05. The molecular weight excluding hydrogens is 325 g/mol. The molecule has 0 aliphatic carbocycles. The van der Waals surface area contributed by atoms with Gasteiger partial charge in [-0.1, -0.05) is 74.4 Å². The van der Waals surface area contributed by atoms with Gasteiger partial charge in [0.15, 0.2) is 5.30 Å². The highest BCUT2D eigenvalue weighted by atomic mass is 31.1. The van der Waals surface area contributed by atoms with E-state index in [-0.39, 0.29) is 21.8 Å². The molecule has 0 bridgehead atoms. The van der Waals surface area contributed by atoms with Gasteiger partial charge in [-0.05, 0) is 42.6 Å². The predicted molar refractivity (Wildman–Crippen MR) is 111 cm³/mol. The molecule has 1 atom stereocenters. The molecular formula is C22H38NOP. The third-order valence-corrected chi connectivity index (χ3v) is 5.82. The topological polar surface area (TPSA) is 35.4 Å². The first-order chi connectivity index (χ1) is 10.8. The summed E-state index contributed by atoms with van der Waals surface area (Å²) in [5, 5.41) is 0.943. The summed E-state index contributed by atoms with van der Waals surface area (Å²) < 4.78 is 4.63. The summed E-state index contributed by atoms with van der Waals surface area (Å²) in [4.78, 5) is 13.3. The smallest absolute Gasteiger partial charge is 0.204 e. The van der Waals surface area contributed by atoms with Crippen LogP contribution in [-0.4, -0.2) is 5.54 Å². The third-order valence-electron chi connectivity index (χ3n) is 4.17. The van der Waals surface area contributed by atoms with Gasteiger partial charge < -0.3 is 4.89 Å². The lowest BCUT2D eigenvalue weighted by Crippen LogP contribution is -2.32. The lowest BCUT2D eigenvalue weighted by atomic mass is 9.75. The standard InChI is InChI=1S/C22H38NOP/c1-19(2,3)15-13-16(20(4,5)6)18(17(14-15)21(7,8)9)25(24)23-22(10,11)12/h13-14H,1-12H3. The van der Waals surface area contributed by atoms with E-state index in [9.17, 15) is 4.89 Å². The SMILES string of the molecule is CC(C)(C)N=[P+]([O-])c1c(C(C)(C)C)cc(C(C)(C)C)cc1C(C)(C)C. The fourth-order valence-electron chi connectivity index (χ4n) is 2.74. The first-order valence-electron chi connectivity index (χ1n) is 9.23. The Hall–Kier alpha value is -0.720. The molecule has 0 radical (unpaired) electrons. The zero-order valence-corrected chi connectivity index (χ0v) is 19.4. The van der Waals surface area contributed by atoms with Gasteiger partial charge in [-0.2, -0.15) is 0 Å². The van der Waals surface area contributed by atoms with E-state index in [1.165, 1.54) is 16.7 Å². The molecule has 0 N–H and O–H groups in total. The van der Waals surface area contributed by atoms with Crippen molar-refractivity contribution < 1.29 is 4.89 Å². The molecule has 25 heavy (non-hydrogen) atoms. The number of rotatable bonds is 1. The van der Waals surface area contributed by atoms with Crippen LogP contribution in [0.2, 0.25) is 0 Å². The molecule has 1 rings (SSSR count). The minimum atomic E-state index is -1.81. The van der Waals surface area contributed by atoms with Crippen LogP contribution >= 0.6 is 7.94 Å². The highest BCUT2D eigenvalue weighted by Gasteiger charge is 2.34. The van der Waals surface area contributed by atoms with E-state index < -0.39 is 7.94 Å². The van der Waals surface area contributed by atoms with Crippen molar-refractivity contribution in [2.24, 2.45) is 4.74 Å². The maximum atomic E-state index is 13.3. The van der Waals surface area contributed by atoms with Gasteiger partial charge in [0.05, 0.1) is 5.54 Å². The molecule has 0 spiro atoms. The summed E-state index contributed by atoms with van der Waals surface area (Å²) in [5.74, 6) is 0. The molecule has 0 saturated carbocycles. The zero-order valence-electron chi connectivity index (χ0n) is 18.5. The van der Waals surface area contributed by atoms with Crippen LogP contribution in [0.4, 0.5) is 0 Å². The Morgan fingerprint density at radius 2 is 1.04 bits per heavy atom. The zero-order chi connectivity index (χ0) is 20.0. The third kappa shape index (κ3) is 5.90.